The number of carbonyl (C=O) groups is 2. The minimum atomic E-state index is -0.377. The van der Waals surface area contributed by atoms with Gasteiger partial charge >= 0.3 is 0 Å². The Hall–Kier alpha value is -2.14. The number of amides is 2. The second-order valence-electron chi connectivity index (χ2n) is 4.33. The summed E-state index contributed by atoms with van der Waals surface area (Å²) in [6.45, 7) is 0.388. The van der Waals surface area contributed by atoms with Gasteiger partial charge in [-0.3, -0.25) is 9.59 Å². The molecule has 5 nitrogen and oxygen atoms in total. The number of aromatic nitrogens is 1. The van der Waals surface area contributed by atoms with E-state index in [2.05, 4.69) is 10.3 Å². The lowest BCUT2D eigenvalue weighted by atomic mass is 10.1. The molecular weight excluding hydrogens is 278 g/mol. The van der Waals surface area contributed by atoms with Gasteiger partial charge in [0.25, 0.3) is 5.91 Å². The maximum absolute atomic E-state index is 12.1. The van der Waals surface area contributed by atoms with Crippen LogP contribution in [0.1, 0.15) is 23.2 Å². The molecule has 6 heteroatoms. The zero-order chi connectivity index (χ0) is 14.5. The lowest BCUT2D eigenvalue weighted by Crippen LogP contribution is -2.26. The molecule has 0 aliphatic heterocycles. The van der Waals surface area contributed by atoms with Crippen LogP contribution in [0.2, 0.25) is 5.15 Å². The summed E-state index contributed by atoms with van der Waals surface area (Å²) in [6.07, 6.45) is 2.22. The van der Waals surface area contributed by atoms with Crippen LogP contribution < -0.4 is 11.1 Å². The average molecular weight is 292 g/mol. The first-order chi connectivity index (χ1) is 9.59. The normalized spacial score (nSPS) is 10.4. The third kappa shape index (κ3) is 3.24. The number of hydrogen-bond acceptors (Lipinski definition) is 3. The van der Waals surface area contributed by atoms with Gasteiger partial charge in [-0.05, 0) is 11.8 Å². The molecular formula is C14H14ClN3O2. The molecule has 0 atom stereocenters. The summed E-state index contributed by atoms with van der Waals surface area (Å²) >= 11 is 6.00. The Balaban J connectivity index is 2.14. The summed E-state index contributed by atoms with van der Waals surface area (Å²) in [6, 6.07) is 7.31. The Morgan fingerprint density at radius 3 is 2.65 bits per heavy atom. The van der Waals surface area contributed by atoms with Gasteiger partial charge in [-0.2, -0.15) is 0 Å². The molecule has 0 bridgehead atoms. The van der Waals surface area contributed by atoms with Crippen molar-refractivity contribution in [2.24, 2.45) is 5.73 Å². The van der Waals surface area contributed by atoms with Crippen molar-refractivity contribution in [2.45, 2.75) is 12.8 Å². The highest BCUT2D eigenvalue weighted by Crippen LogP contribution is 2.23. The molecule has 0 aliphatic rings. The van der Waals surface area contributed by atoms with Gasteiger partial charge < -0.3 is 11.1 Å². The van der Waals surface area contributed by atoms with Crippen LogP contribution >= 0.6 is 11.6 Å². The topological polar surface area (TPSA) is 85.1 Å². The van der Waals surface area contributed by atoms with E-state index in [0.29, 0.717) is 23.7 Å². The van der Waals surface area contributed by atoms with Crippen molar-refractivity contribution >= 4 is 34.2 Å². The molecule has 0 unspecified atom stereocenters. The maximum Gasteiger partial charge on any atom is 0.253 e. The number of pyridine rings is 1. The number of nitrogens with two attached hydrogens (primary N) is 1. The second kappa shape index (κ2) is 6.34. The highest BCUT2D eigenvalue weighted by molar-refractivity contribution is 6.34. The minimum Gasteiger partial charge on any atom is -0.370 e. The number of primary amides is 1. The zero-order valence-corrected chi connectivity index (χ0v) is 11.5. The summed E-state index contributed by atoms with van der Waals surface area (Å²) in [5, 5.41) is 4.59. The Morgan fingerprint density at radius 2 is 1.95 bits per heavy atom. The van der Waals surface area contributed by atoms with Crippen molar-refractivity contribution in [1.82, 2.24) is 10.3 Å². The fourth-order valence-corrected chi connectivity index (χ4v) is 2.11. The van der Waals surface area contributed by atoms with Crippen LogP contribution in [-0.2, 0) is 4.79 Å². The van der Waals surface area contributed by atoms with Crippen LogP contribution in [-0.4, -0.2) is 23.3 Å². The first-order valence-corrected chi connectivity index (χ1v) is 6.57. The van der Waals surface area contributed by atoms with E-state index in [9.17, 15) is 9.59 Å². The molecule has 2 rings (SSSR count). The van der Waals surface area contributed by atoms with Crippen molar-refractivity contribution in [3.8, 4) is 0 Å². The predicted molar refractivity (Wildman–Crippen MR) is 77.5 cm³/mol. The summed E-state index contributed by atoms with van der Waals surface area (Å²) in [5.41, 5.74) is 5.50. The van der Waals surface area contributed by atoms with E-state index in [1.807, 2.05) is 24.3 Å². The molecule has 1 aromatic heterocycles. The summed E-state index contributed by atoms with van der Waals surface area (Å²) in [4.78, 5) is 26.7. The molecule has 1 heterocycles. The van der Waals surface area contributed by atoms with E-state index < -0.39 is 0 Å². The van der Waals surface area contributed by atoms with Gasteiger partial charge in [0.15, 0.2) is 0 Å². The third-order valence-corrected chi connectivity index (χ3v) is 3.18. The highest BCUT2D eigenvalue weighted by atomic mass is 35.5. The van der Waals surface area contributed by atoms with Gasteiger partial charge in [0.05, 0.1) is 5.56 Å². The fraction of sp³-hybridized carbons (Fsp3) is 0.214. The lowest BCUT2D eigenvalue weighted by molar-refractivity contribution is -0.118. The van der Waals surface area contributed by atoms with E-state index >= 15 is 0 Å². The molecule has 1 aromatic carbocycles. The Labute approximate surface area is 121 Å². The van der Waals surface area contributed by atoms with Crippen molar-refractivity contribution in [3.05, 3.63) is 41.2 Å². The number of hydrogen-bond donors (Lipinski definition) is 2. The Bertz CT molecular complexity index is 658. The third-order valence-electron chi connectivity index (χ3n) is 2.88. The smallest absolute Gasteiger partial charge is 0.253 e. The first-order valence-electron chi connectivity index (χ1n) is 6.19. The number of fused-ring (bicyclic) bond motifs is 1. The van der Waals surface area contributed by atoms with Gasteiger partial charge in [0, 0.05) is 24.5 Å². The average Bonchev–Trinajstić information content (AvgIpc) is 2.44. The summed E-state index contributed by atoms with van der Waals surface area (Å²) < 4.78 is 0. The standard InChI is InChI=1S/C14H14ClN3O2/c15-13-10-5-2-1-4-9(10)11(8-18-13)14(20)17-7-3-6-12(16)19/h1-2,4-5,8H,3,6-7H2,(H2,16,19)(H,17,20). The van der Waals surface area contributed by atoms with E-state index in [-0.39, 0.29) is 18.2 Å². The maximum atomic E-state index is 12.1. The number of benzene rings is 1. The number of nitrogens with one attached hydrogen (secondary N) is 1. The van der Waals surface area contributed by atoms with Gasteiger partial charge in [0.1, 0.15) is 5.15 Å². The molecule has 0 aliphatic carbocycles. The van der Waals surface area contributed by atoms with Gasteiger partial charge in [0.2, 0.25) is 5.91 Å². The van der Waals surface area contributed by atoms with Crippen molar-refractivity contribution < 1.29 is 9.59 Å². The minimum absolute atomic E-state index is 0.241. The highest BCUT2D eigenvalue weighted by Gasteiger charge is 2.12. The number of rotatable bonds is 5. The zero-order valence-electron chi connectivity index (χ0n) is 10.7. The molecule has 2 amide bonds. The quantitative estimate of drug-likeness (QED) is 0.651. The first kappa shape index (κ1) is 14.3. The summed E-state index contributed by atoms with van der Waals surface area (Å²) in [7, 11) is 0. The van der Waals surface area contributed by atoms with Crippen LogP contribution in [0, 0.1) is 0 Å². The SMILES string of the molecule is NC(=O)CCCNC(=O)c1cnc(Cl)c2ccccc12. The molecule has 104 valence electrons. The molecule has 0 fully saturated rings. The Kier molecular flexibility index (Phi) is 4.53. The van der Waals surface area contributed by atoms with Crippen LogP contribution in [0.5, 0.6) is 0 Å². The van der Waals surface area contributed by atoms with Crippen molar-refractivity contribution in [1.29, 1.82) is 0 Å². The number of carbonyl (C=O) groups excluding carboxylic acids is 2. The van der Waals surface area contributed by atoms with E-state index in [1.165, 1.54) is 6.20 Å². The number of nitrogens with zero attached hydrogens (tertiary/aromatic N) is 1. The molecule has 20 heavy (non-hydrogen) atoms. The largest absolute Gasteiger partial charge is 0.370 e. The van der Waals surface area contributed by atoms with Crippen molar-refractivity contribution in [3.63, 3.8) is 0 Å². The molecule has 2 aromatic rings. The van der Waals surface area contributed by atoms with Crippen molar-refractivity contribution in [2.75, 3.05) is 6.54 Å². The number of halogens is 1. The monoisotopic (exact) mass is 291 g/mol. The van der Waals surface area contributed by atoms with E-state index in [4.69, 9.17) is 17.3 Å². The fourth-order valence-electron chi connectivity index (χ4n) is 1.90. The lowest BCUT2D eigenvalue weighted by Gasteiger charge is -2.08. The molecule has 0 spiro atoms. The van der Waals surface area contributed by atoms with Crippen LogP contribution in [0.3, 0.4) is 0 Å². The predicted octanol–water partition coefficient (Wildman–Crippen LogP) is 1.88. The van der Waals surface area contributed by atoms with Crippen LogP contribution in [0.25, 0.3) is 10.8 Å². The molecule has 0 saturated carbocycles. The molecule has 0 saturated heterocycles. The summed E-state index contributed by atoms with van der Waals surface area (Å²) in [5.74, 6) is -0.618. The molecule has 3 N–H and O–H groups in total. The van der Waals surface area contributed by atoms with E-state index in [1.54, 1.807) is 0 Å². The van der Waals surface area contributed by atoms with Gasteiger partial charge in [-0.1, -0.05) is 35.9 Å². The van der Waals surface area contributed by atoms with E-state index in [0.717, 1.165) is 10.8 Å². The molecule has 0 radical (unpaired) electrons. The second-order valence-corrected chi connectivity index (χ2v) is 4.69. The van der Waals surface area contributed by atoms with Crippen LogP contribution in [0.4, 0.5) is 0 Å². The van der Waals surface area contributed by atoms with Gasteiger partial charge in [-0.15, -0.1) is 0 Å². The van der Waals surface area contributed by atoms with Gasteiger partial charge in [-0.25, -0.2) is 4.98 Å². The van der Waals surface area contributed by atoms with Crippen LogP contribution in [0.15, 0.2) is 30.5 Å². The Morgan fingerprint density at radius 1 is 1.25 bits per heavy atom.